The van der Waals surface area contributed by atoms with Crippen LogP contribution in [0.2, 0.25) is 0 Å². The van der Waals surface area contributed by atoms with Gasteiger partial charge in [0.1, 0.15) is 0 Å². The SMILES string of the molecule is CCOc1cc(/C=C2\SC(=O)N(Cc3ccc4ccccc4c3)C2=O)ccc1OC(=O)c1ccccc1. The Kier molecular flexibility index (Phi) is 7.05. The number of imide groups is 1. The van der Waals surface area contributed by atoms with Crippen molar-refractivity contribution < 1.29 is 23.9 Å². The summed E-state index contributed by atoms with van der Waals surface area (Å²) >= 11 is 0.903. The lowest BCUT2D eigenvalue weighted by Crippen LogP contribution is -2.27. The Hall–Kier alpha value is -4.36. The first-order chi connectivity index (χ1) is 18.0. The Morgan fingerprint density at radius 2 is 1.62 bits per heavy atom. The van der Waals surface area contributed by atoms with E-state index in [1.54, 1.807) is 48.5 Å². The summed E-state index contributed by atoms with van der Waals surface area (Å²) in [5, 5.41) is 1.84. The standard InChI is InChI=1S/C30H23NO5S/c1-2-35-26-17-20(13-15-25(26)36-29(33)23-9-4-3-5-10-23)18-27-28(32)31(30(34)37-27)19-21-12-14-22-8-6-7-11-24(22)16-21/h3-18H,2,19H2,1H3/b27-18-. The second-order valence-corrected chi connectivity index (χ2v) is 9.34. The molecule has 1 heterocycles. The third kappa shape index (κ3) is 5.42. The van der Waals surface area contributed by atoms with Crippen LogP contribution in [0.25, 0.3) is 16.8 Å². The fourth-order valence-corrected chi connectivity index (χ4v) is 4.85. The van der Waals surface area contributed by atoms with Crippen molar-refractivity contribution in [2.24, 2.45) is 0 Å². The molecule has 0 unspecified atom stereocenters. The van der Waals surface area contributed by atoms with Crippen molar-refractivity contribution in [1.29, 1.82) is 0 Å². The van der Waals surface area contributed by atoms with E-state index in [-0.39, 0.29) is 23.4 Å². The Labute approximate surface area is 218 Å². The highest BCUT2D eigenvalue weighted by molar-refractivity contribution is 8.18. The summed E-state index contributed by atoms with van der Waals surface area (Å²) in [6.45, 7) is 2.39. The van der Waals surface area contributed by atoms with E-state index in [0.717, 1.165) is 28.1 Å². The predicted molar refractivity (Wildman–Crippen MR) is 144 cm³/mol. The maximum absolute atomic E-state index is 13.1. The number of carbonyl (C=O) groups excluding carboxylic acids is 3. The molecule has 0 N–H and O–H groups in total. The van der Waals surface area contributed by atoms with E-state index in [9.17, 15) is 14.4 Å². The number of thioether (sulfide) groups is 1. The van der Waals surface area contributed by atoms with Crippen molar-refractivity contribution in [3.05, 3.63) is 113 Å². The van der Waals surface area contributed by atoms with Gasteiger partial charge in [0.05, 0.1) is 23.6 Å². The smallest absolute Gasteiger partial charge is 0.343 e. The number of benzene rings is 4. The zero-order valence-electron chi connectivity index (χ0n) is 20.0. The Balaban J connectivity index is 1.35. The number of esters is 1. The van der Waals surface area contributed by atoms with E-state index in [1.807, 2.05) is 55.5 Å². The van der Waals surface area contributed by atoms with Crippen molar-refractivity contribution in [1.82, 2.24) is 4.90 Å². The number of nitrogens with zero attached hydrogens (tertiary/aromatic N) is 1. The normalized spacial score (nSPS) is 14.4. The average Bonchev–Trinajstić information content (AvgIpc) is 3.18. The van der Waals surface area contributed by atoms with E-state index in [2.05, 4.69) is 0 Å². The van der Waals surface area contributed by atoms with Gasteiger partial charge in [0.25, 0.3) is 11.1 Å². The van der Waals surface area contributed by atoms with E-state index in [4.69, 9.17) is 9.47 Å². The molecule has 0 atom stereocenters. The zero-order chi connectivity index (χ0) is 25.8. The first-order valence-corrected chi connectivity index (χ1v) is 12.6. The third-order valence-corrected chi connectivity index (χ3v) is 6.71. The fraction of sp³-hybridized carbons (Fsp3) is 0.100. The third-order valence-electron chi connectivity index (χ3n) is 5.81. The van der Waals surface area contributed by atoms with Crippen LogP contribution in [0.4, 0.5) is 4.79 Å². The summed E-state index contributed by atoms with van der Waals surface area (Å²) in [7, 11) is 0. The number of hydrogen-bond acceptors (Lipinski definition) is 6. The molecule has 1 aliphatic rings. The van der Waals surface area contributed by atoms with Crippen molar-refractivity contribution in [2.45, 2.75) is 13.5 Å². The van der Waals surface area contributed by atoms with E-state index < -0.39 is 5.97 Å². The molecule has 1 aliphatic heterocycles. The van der Waals surface area contributed by atoms with Crippen LogP contribution in [0.3, 0.4) is 0 Å². The van der Waals surface area contributed by atoms with Gasteiger partial charge in [0.2, 0.25) is 0 Å². The molecule has 1 fully saturated rings. The highest BCUT2D eigenvalue weighted by Crippen LogP contribution is 2.36. The van der Waals surface area contributed by atoms with Gasteiger partial charge in [0, 0.05) is 0 Å². The van der Waals surface area contributed by atoms with Crippen LogP contribution < -0.4 is 9.47 Å². The van der Waals surface area contributed by atoms with Crippen LogP contribution in [0.15, 0.2) is 95.9 Å². The Bertz CT molecular complexity index is 1530. The summed E-state index contributed by atoms with van der Waals surface area (Å²) in [4.78, 5) is 39.8. The second-order valence-electron chi connectivity index (χ2n) is 8.34. The molecular weight excluding hydrogens is 486 g/mol. The molecule has 0 aromatic heterocycles. The summed E-state index contributed by atoms with van der Waals surface area (Å²) < 4.78 is 11.2. The Morgan fingerprint density at radius 1 is 0.865 bits per heavy atom. The largest absolute Gasteiger partial charge is 0.490 e. The minimum Gasteiger partial charge on any atom is -0.490 e. The van der Waals surface area contributed by atoms with Crippen LogP contribution in [-0.4, -0.2) is 28.6 Å². The first kappa shape index (κ1) is 24.3. The van der Waals surface area contributed by atoms with Crippen molar-refractivity contribution in [3.63, 3.8) is 0 Å². The quantitative estimate of drug-likeness (QED) is 0.157. The van der Waals surface area contributed by atoms with Crippen LogP contribution >= 0.6 is 11.8 Å². The second kappa shape index (κ2) is 10.7. The number of carbonyl (C=O) groups is 3. The Morgan fingerprint density at radius 3 is 2.41 bits per heavy atom. The first-order valence-electron chi connectivity index (χ1n) is 11.8. The van der Waals surface area contributed by atoms with Crippen molar-refractivity contribution >= 4 is 45.7 Å². The summed E-state index contributed by atoms with van der Waals surface area (Å²) in [5.74, 6) is -0.196. The lowest BCUT2D eigenvalue weighted by molar-refractivity contribution is -0.123. The molecule has 0 bridgehead atoms. The molecule has 0 aliphatic carbocycles. The topological polar surface area (TPSA) is 72.9 Å². The van der Waals surface area contributed by atoms with Gasteiger partial charge in [-0.1, -0.05) is 60.7 Å². The molecule has 37 heavy (non-hydrogen) atoms. The predicted octanol–water partition coefficient (Wildman–Crippen LogP) is 6.69. The molecule has 4 aromatic carbocycles. The van der Waals surface area contributed by atoms with Gasteiger partial charge in [-0.25, -0.2) is 4.79 Å². The average molecular weight is 510 g/mol. The molecule has 0 saturated carbocycles. The number of rotatable bonds is 7. The molecule has 4 aromatic rings. The molecule has 0 spiro atoms. The van der Waals surface area contributed by atoms with Gasteiger partial charge < -0.3 is 9.47 Å². The number of fused-ring (bicyclic) bond motifs is 1. The molecule has 1 saturated heterocycles. The number of hydrogen-bond donors (Lipinski definition) is 0. The molecule has 7 heteroatoms. The highest BCUT2D eigenvalue weighted by Gasteiger charge is 2.35. The van der Waals surface area contributed by atoms with Crippen LogP contribution in [0.5, 0.6) is 11.5 Å². The van der Waals surface area contributed by atoms with Gasteiger partial charge in [-0.2, -0.15) is 0 Å². The van der Waals surface area contributed by atoms with Gasteiger partial charge >= 0.3 is 5.97 Å². The van der Waals surface area contributed by atoms with E-state index >= 15 is 0 Å². The lowest BCUT2D eigenvalue weighted by Gasteiger charge is -2.13. The van der Waals surface area contributed by atoms with Crippen molar-refractivity contribution in [3.8, 4) is 11.5 Å². The summed E-state index contributed by atoms with van der Waals surface area (Å²) in [6.07, 6.45) is 1.65. The van der Waals surface area contributed by atoms with Gasteiger partial charge in [-0.3, -0.25) is 14.5 Å². The van der Waals surface area contributed by atoms with Crippen LogP contribution in [-0.2, 0) is 11.3 Å². The summed E-state index contributed by atoms with van der Waals surface area (Å²) in [6, 6.07) is 27.6. The number of ether oxygens (including phenoxy) is 2. The van der Waals surface area contributed by atoms with Crippen LogP contribution in [0.1, 0.15) is 28.4 Å². The van der Waals surface area contributed by atoms with Gasteiger partial charge in [-0.15, -0.1) is 0 Å². The maximum atomic E-state index is 13.1. The monoisotopic (exact) mass is 509 g/mol. The minimum atomic E-state index is -0.496. The van der Waals surface area contributed by atoms with Crippen LogP contribution in [0, 0.1) is 0 Å². The van der Waals surface area contributed by atoms with Gasteiger partial charge in [0.15, 0.2) is 11.5 Å². The van der Waals surface area contributed by atoms with Crippen molar-refractivity contribution in [2.75, 3.05) is 6.61 Å². The molecule has 0 radical (unpaired) electrons. The molecule has 6 nitrogen and oxygen atoms in total. The van der Waals surface area contributed by atoms with Gasteiger partial charge in [-0.05, 0) is 77.0 Å². The minimum absolute atomic E-state index is 0.200. The van der Waals surface area contributed by atoms with E-state index in [0.29, 0.717) is 28.4 Å². The number of amides is 2. The summed E-state index contributed by atoms with van der Waals surface area (Å²) in [5.41, 5.74) is 1.96. The molecule has 5 rings (SSSR count). The molecular formula is C30H23NO5S. The molecule has 184 valence electrons. The van der Waals surface area contributed by atoms with E-state index in [1.165, 1.54) is 4.90 Å². The maximum Gasteiger partial charge on any atom is 0.343 e. The fourth-order valence-electron chi connectivity index (χ4n) is 4.01. The molecule has 2 amide bonds. The zero-order valence-corrected chi connectivity index (χ0v) is 20.9. The lowest BCUT2D eigenvalue weighted by atomic mass is 10.1. The highest BCUT2D eigenvalue weighted by atomic mass is 32.2.